The first-order valence-corrected chi connectivity index (χ1v) is 9.21. The average molecular weight is 330 g/mol. The van der Waals surface area contributed by atoms with Gasteiger partial charge in [-0.15, -0.1) is 0 Å². The number of hydrogen-bond acceptors (Lipinski definition) is 3. The normalized spacial score (nSPS) is 29.5. The van der Waals surface area contributed by atoms with E-state index in [-0.39, 0.29) is 11.3 Å². The Bertz CT molecular complexity index is 628. The lowest BCUT2D eigenvalue weighted by molar-refractivity contribution is -0.118. The van der Waals surface area contributed by atoms with E-state index in [1.165, 1.54) is 11.1 Å². The molecule has 0 saturated carbocycles. The highest BCUT2D eigenvalue weighted by atomic mass is 16.3. The Labute approximate surface area is 145 Å². The van der Waals surface area contributed by atoms with Crippen LogP contribution in [0.4, 0.5) is 0 Å². The number of piperidine rings is 1. The van der Waals surface area contributed by atoms with Gasteiger partial charge >= 0.3 is 0 Å². The quantitative estimate of drug-likeness (QED) is 0.872. The summed E-state index contributed by atoms with van der Waals surface area (Å²) in [6.45, 7) is 7.99. The number of carbonyl (C=O) groups is 1. The number of fused-ring (bicyclic) bond motifs is 4. The summed E-state index contributed by atoms with van der Waals surface area (Å²) in [6.07, 6.45) is 4.37. The summed E-state index contributed by atoms with van der Waals surface area (Å²) in [5.41, 5.74) is 8.08. The van der Waals surface area contributed by atoms with Crippen LogP contribution in [0.15, 0.2) is 18.2 Å². The van der Waals surface area contributed by atoms with Crippen molar-refractivity contribution in [2.75, 3.05) is 6.54 Å². The molecule has 1 heterocycles. The zero-order valence-corrected chi connectivity index (χ0v) is 15.1. The maximum absolute atomic E-state index is 11.2. The Hall–Kier alpha value is -1.55. The van der Waals surface area contributed by atoms with Crippen molar-refractivity contribution in [3.8, 4) is 5.75 Å². The molecule has 3 N–H and O–H groups in total. The van der Waals surface area contributed by atoms with Crippen molar-refractivity contribution >= 4 is 5.91 Å². The maximum atomic E-state index is 11.2. The van der Waals surface area contributed by atoms with E-state index in [0.717, 1.165) is 32.2 Å². The average Bonchev–Trinajstić information content (AvgIpc) is 2.50. The minimum absolute atomic E-state index is 0.0534. The van der Waals surface area contributed by atoms with Gasteiger partial charge in [0.1, 0.15) is 5.75 Å². The summed E-state index contributed by atoms with van der Waals surface area (Å²) in [6, 6.07) is 6.94. The highest BCUT2D eigenvalue weighted by molar-refractivity contribution is 5.73. The third-order valence-corrected chi connectivity index (χ3v) is 6.46. The number of hydrogen-bond donors (Lipinski definition) is 2. The van der Waals surface area contributed by atoms with Crippen LogP contribution in [0.5, 0.6) is 5.75 Å². The number of phenols is 1. The van der Waals surface area contributed by atoms with Gasteiger partial charge in [0.2, 0.25) is 5.91 Å². The molecule has 3 rings (SSSR count). The molecule has 4 heteroatoms. The van der Waals surface area contributed by atoms with Gasteiger partial charge in [0.25, 0.3) is 0 Å². The van der Waals surface area contributed by atoms with Crippen LogP contribution in [-0.4, -0.2) is 34.5 Å². The van der Waals surface area contributed by atoms with Crippen LogP contribution < -0.4 is 5.73 Å². The lowest BCUT2D eigenvalue weighted by atomic mass is 9.56. The molecule has 2 aliphatic rings. The Balaban J connectivity index is 2.00. The van der Waals surface area contributed by atoms with Gasteiger partial charge in [0.15, 0.2) is 0 Å². The Kier molecular flexibility index (Phi) is 4.60. The van der Waals surface area contributed by atoms with E-state index < -0.39 is 0 Å². The molecule has 0 radical (unpaired) electrons. The summed E-state index contributed by atoms with van der Waals surface area (Å²) in [4.78, 5) is 13.8. The Morgan fingerprint density at radius 1 is 1.46 bits per heavy atom. The number of likely N-dealkylation sites (tertiary alicyclic amines) is 1. The number of nitrogens with two attached hydrogens (primary N) is 1. The van der Waals surface area contributed by atoms with Gasteiger partial charge in [-0.2, -0.15) is 0 Å². The van der Waals surface area contributed by atoms with E-state index in [1.54, 1.807) is 6.07 Å². The summed E-state index contributed by atoms with van der Waals surface area (Å²) < 4.78 is 0. The van der Waals surface area contributed by atoms with Crippen molar-refractivity contribution in [1.29, 1.82) is 0 Å². The number of nitrogens with zero attached hydrogens (tertiary/aromatic N) is 1. The van der Waals surface area contributed by atoms with Crippen molar-refractivity contribution in [1.82, 2.24) is 4.90 Å². The molecule has 1 aromatic carbocycles. The molecule has 3 atom stereocenters. The molecule has 0 aromatic heterocycles. The molecule has 1 aromatic rings. The van der Waals surface area contributed by atoms with Gasteiger partial charge in [-0.05, 0) is 75.3 Å². The predicted octanol–water partition coefficient (Wildman–Crippen LogP) is 2.96. The Morgan fingerprint density at radius 3 is 2.88 bits per heavy atom. The molecule has 24 heavy (non-hydrogen) atoms. The molecule has 1 aliphatic carbocycles. The van der Waals surface area contributed by atoms with Crippen molar-refractivity contribution in [2.45, 2.75) is 70.4 Å². The van der Waals surface area contributed by atoms with Gasteiger partial charge in [0.05, 0.1) is 0 Å². The Morgan fingerprint density at radius 2 is 2.21 bits per heavy atom. The van der Waals surface area contributed by atoms with Crippen molar-refractivity contribution in [2.24, 2.45) is 11.7 Å². The highest BCUT2D eigenvalue weighted by Crippen LogP contribution is 2.52. The van der Waals surface area contributed by atoms with Crippen LogP contribution in [0.2, 0.25) is 0 Å². The van der Waals surface area contributed by atoms with E-state index >= 15 is 0 Å². The fourth-order valence-corrected chi connectivity index (χ4v) is 5.19. The molecule has 2 bridgehead atoms. The number of phenolic OH excluding ortho intramolecular Hbond substituents is 1. The molecule has 1 amide bonds. The van der Waals surface area contributed by atoms with Gasteiger partial charge in [-0.1, -0.05) is 13.0 Å². The monoisotopic (exact) mass is 330 g/mol. The maximum Gasteiger partial charge on any atom is 0.217 e. The first kappa shape index (κ1) is 17.3. The van der Waals surface area contributed by atoms with Crippen molar-refractivity contribution in [3.05, 3.63) is 29.3 Å². The molecule has 1 saturated heterocycles. The molecule has 1 unspecified atom stereocenters. The van der Waals surface area contributed by atoms with E-state index in [4.69, 9.17) is 5.73 Å². The van der Waals surface area contributed by atoms with Crippen LogP contribution in [0, 0.1) is 5.92 Å². The molecular weight excluding hydrogens is 300 g/mol. The van der Waals surface area contributed by atoms with E-state index in [1.807, 2.05) is 6.07 Å². The number of amides is 1. The van der Waals surface area contributed by atoms with E-state index in [2.05, 4.69) is 31.7 Å². The van der Waals surface area contributed by atoms with Crippen molar-refractivity contribution < 1.29 is 9.90 Å². The minimum Gasteiger partial charge on any atom is -0.508 e. The summed E-state index contributed by atoms with van der Waals surface area (Å²) in [5, 5.41) is 10.1. The molecule has 132 valence electrons. The standard InChI is InChI=1S/C20H30N2O2/c1-13(2)22-10-9-20(8-4-5-19(21)24)14(3)18(22)11-15-6-7-16(23)12-17(15)20/h6-7,12-14,18,23H,4-5,8-11H2,1-3H3,(H2,21,24)/t14-,18+,20?/m0/s1. The summed E-state index contributed by atoms with van der Waals surface area (Å²) >= 11 is 0. The van der Waals surface area contributed by atoms with Gasteiger partial charge < -0.3 is 10.8 Å². The van der Waals surface area contributed by atoms with Gasteiger partial charge in [-0.25, -0.2) is 0 Å². The fourth-order valence-electron chi connectivity index (χ4n) is 5.19. The SMILES string of the molecule is CC(C)N1CCC2(CCCC(N)=O)c3cc(O)ccc3C[C@@H]1[C@@H]2C. The lowest BCUT2D eigenvalue weighted by Crippen LogP contribution is -2.60. The van der Waals surface area contributed by atoms with Crippen LogP contribution in [0.1, 0.15) is 57.6 Å². The number of primary amides is 1. The first-order chi connectivity index (χ1) is 11.3. The molecule has 0 spiro atoms. The minimum atomic E-state index is -0.220. The van der Waals surface area contributed by atoms with Crippen LogP contribution >= 0.6 is 0 Å². The second-order valence-electron chi connectivity index (χ2n) is 7.96. The molecule has 1 fully saturated rings. The van der Waals surface area contributed by atoms with Crippen LogP contribution in [0.25, 0.3) is 0 Å². The second-order valence-corrected chi connectivity index (χ2v) is 7.96. The topological polar surface area (TPSA) is 66.6 Å². The predicted molar refractivity (Wildman–Crippen MR) is 95.9 cm³/mol. The van der Waals surface area contributed by atoms with Crippen molar-refractivity contribution in [3.63, 3.8) is 0 Å². The van der Waals surface area contributed by atoms with E-state index in [9.17, 15) is 9.90 Å². The lowest BCUT2D eigenvalue weighted by Gasteiger charge is -2.57. The number of carbonyl (C=O) groups excluding carboxylic acids is 1. The van der Waals surface area contributed by atoms with Gasteiger partial charge in [-0.3, -0.25) is 9.69 Å². The third-order valence-electron chi connectivity index (χ3n) is 6.46. The molecular formula is C20H30N2O2. The number of benzene rings is 1. The van der Waals surface area contributed by atoms with Crippen LogP contribution in [0.3, 0.4) is 0 Å². The first-order valence-electron chi connectivity index (χ1n) is 9.21. The van der Waals surface area contributed by atoms with E-state index in [0.29, 0.717) is 30.2 Å². The highest BCUT2D eigenvalue weighted by Gasteiger charge is 2.51. The summed E-state index contributed by atoms with van der Waals surface area (Å²) in [5.74, 6) is 0.637. The summed E-state index contributed by atoms with van der Waals surface area (Å²) in [7, 11) is 0. The number of rotatable bonds is 5. The molecule has 4 nitrogen and oxygen atoms in total. The zero-order valence-electron chi connectivity index (χ0n) is 15.1. The van der Waals surface area contributed by atoms with Gasteiger partial charge in [0, 0.05) is 23.9 Å². The van der Waals surface area contributed by atoms with Crippen LogP contribution in [-0.2, 0) is 16.6 Å². The smallest absolute Gasteiger partial charge is 0.217 e. The largest absolute Gasteiger partial charge is 0.508 e. The number of aromatic hydroxyl groups is 1. The fraction of sp³-hybridized carbons (Fsp3) is 0.650. The molecule has 1 aliphatic heterocycles. The third kappa shape index (κ3) is 2.81. The second kappa shape index (κ2) is 6.40. The zero-order chi connectivity index (χ0) is 17.5.